The van der Waals surface area contributed by atoms with E-state index >= 15 is 0 Å². The van der Waals surface area contributed by atoms with E-state index in [0.717, 1.165) is 41.2 Å². The van der Waals surface area contributed by atoms with Crippen molar-refractivity contribution >= 4 is 49.6 Å². The molecule has 0 unspecified atom stereocenters. The van der Waals surface area contributed by atoms with E-state index in [1.807, 2.05) is 48.3 Å². The lowest BCUT2D eigenvalue weighted by atomic mass is 9.98. The van der Waals surface area contributed by atoms with E-state index in [1.54, 1.807) is 19.3 Å². The molecule has 208 valence electrons. The summed E-state index contributed by atoms with van der Waals surface area (Å²) in [7, 11) is 0.435. The highest BCUT2D eigenvalue weighted by molar-refractivity contribution is 7.89. The van der Waals surface area contributed by atoms with Crippen LogP contribution < -0.4 is 10.5 Å². The number of hydrogen-bond donors (Lipinski definition) is 1. The van der Waals surface area contributed by atoms with Crippen molar-refractivity contribution in [1.82, 2.24) is 19.4 Å². The van der Waals surface area contributed by atoms with Crippen LogP contribution in [0, 0.1) is 0 Å². The molecule has 9 nitrogen and oxygen atoms in total. The summed E-state index contributed by atoms with van der Waals surface area (Å²) in [5.74, 6) is -0.249. The quantitative estimate of drug-likeness (QED) is 0.395. The number of likely N-dealkylation sites (N-methyl/N-ethyl adjacent to an activating group) is 1. The van der Waals surface area contributed by atoms with Gasteiger partial charge >= 0.3 is 0 Å². The van der Waals surface area contributed by atoms with Gasteiger partial charge in [0, 0.05) is 84.2 Å². The minimum atomic E-state index is -3.28. The van der Waals surface area contributed by atoms with E-state index < -0.39 is 9.84 Å². The number of pyridine rings is 1. The monoisotopic (exact) mass is 579 g/mol. The van der Waals surface area contributed by atoms with E-state index in [1.165, 1.54) is 10.8 Å². The summed E-state index contributed by atoms with van der Waals surface area (Å²) in [6.45, 7) is 3.06. The van der Waals surface area contributed by atoms with Crippen LogP contribution in [-0.4, -0.2) is 73.2 Å². The zero-order valence-electron chi connectivity index (χ0n) is 22.6. The third-order valence-corrected chi connectivity index (χ3v) is 8.83. The molecule has 11 heteroatoms. The molecule has 0 spiro atoms. The first kappa shape index (κ1) is 26.6. The van der Waals surface area contributed by atoms with Gasteiger partial charge in [-0.1, -0.05) is 23.7 Å². The van der Waals surface area contributed by atoms with E-state index in [9.17, 15) is 18.0 Å². The molecule has 1 fully saturated rings. The molecule has 0 bridgehead atoms. The van der Waals surface area contributed by atoms with Gasteiger partial charge in [-0.05, 0) is 42.9 Å². The van der Waals surface area contributed by atoms with Crippen molar-refractivity contribution in [3.63, 3.8) is 0 Å². The molecule has 2 aromatic heterocycles. The lowest BCUT2D eigenvalue weighted by molar-refractivity contribution is 0.0658. The fourth-order valence-corrected chi connectivity index (χ4v) is 6.72. The Hall–Kier alpha value is -3.60. The number of nitrogens with zero attached hydrogens (tertiary/aromatic N) is 4. The molecule has 4 heterocycles. The Kier molecular flexibility index (Phi) is 6.52. The standard InChI is InChI=1S/C29H30ClN5O4S/c1-32-9-11-34(12-10-32)29(37)26-23-16-35(20-6-4-5-19(30)14-20)24-8-7-18(17-40(3,38)39)13-21(24)22-15-33(2)28(36)27(31-26)25(22)23/h4-8,13-15,31H,9-12,16-17H2,1-3H3. The summed E-state index contributed by atoms with van der Waals surface area (Å²) >= 11 is 6.41. The number of nitrogens with one attached hydrogen (secondary N) is 1. The van der Waals surface area contributed by atoms with Gasteiger partial charge in [0.2, 0.25) is 0 Å². The second-order valence-corrected chi connectivity index (χ2v) is 13.3. The summed E-state index contributed by atoms with van der Waals surface area (Å²) in [5, 5.41) is 1.25. The second-order valence-electron chi connectivity index (χ2n) is 10.8. The zero-order valence-corrected chi connectivity index (χ0v) is 24.1. The number of carbonyl (C=O) groups excluding carboxylic acids is 1. The third-order valence-electron chi connectivity index (χ3n) is 7.74. The zero-order chi connectivity index (χ0) is 28.3. The van der Waals surface area contributed by atoms with Gasteiger partial charge in [-0.15, -0.1) is 0 Å². The molecule has 40 heavy (non-hydrogen) atoms. The SMILES string of the molecule is CN1CCN(C(=O)c2[nH]c3c(=O)n(C)cc4c3c2CN(c2cccc(Cl)c2)c2ccc(CS(C)(=O)=O)cc2-4)CC1. The molecule has 1 amide bonds. The van der Waals surface area contributed by atoms with Crippen molar-refractivity contribution in [2.45, 2.75) is 12.3 Å². The first-order valence-electron chi connectivity index (χ1n) is 13.1. The summed E-state index contributed by atoms with van der Waals surface area (Å²) in [6.07, 6.45) is 2.98. The van der Waals surface area contributed by atoms with Crippen LogP contribution >= 0.6 is 11.6 Å². The number of amides is 1. The number of rotatable bonds is 4. The van der Waals surface area contributed by atoms with Gasteiger partial charge in [-0.2, -0.15) is 0 Å². The number of benzene rings is 2. The number of carbonyl (C=O) groups is 1. The van der Waals surface area contributed by atoms with Gasteiger partial charge in [0.25, 0.3) is 11.5 Å². The maximum absolute atomic E-state index is 13.9. The predicted molar refractivity (Wildman–Crippen MR) is 158 cm³/mol. The first-order chi connectivity index (χ1) is 19.0. The normalized spacial score (nSPS) is 15.8. The van der Waals surface area contributed by atoms with Crippen molar-refractivity contribution in [3.05, 3.63) is 80.9 Å². The molecule has 1 N–H and O–H groups in total. The number of aromatic amines is 1. The van der Waals surface area contributed by atoms with Crippen molar-refractivity contribution in [1.29, 1.82) is 0 Å². The van der Waals surface area contributed by atoms with Crippen molar-refractivity contribution in [3.8, 4) is 11.1 Å². The number of piperazine rings is 1. The Labute approximate surface area is 237 Å². The van der Waals surface area contributed by atoms with E-state index in [-0.39, 0.29) is 17.2 Å². The number of H-pyrrole nitrogens is 1. The molecule has 2 aromatic carbocycles. The maximum Gasteiger partial charge on any atom is 0.274 e. The van der Waals surface area contributed by atoms with Gasteiger partial charge in [-0.3, -0.25) is 9.59 Å². The van der Waals surface area contributed by atoms with Gasteiger partial charge in [0.1, 0.15) is 11.2 Å². The average Bonchev–Trinajstić information content (AvgIpc) is 3.21. The number of aryl methyl sites for hydroxylation is 1. The minimum absolute atomic E-state index is 0.112. The molecular weight excluding hydrogens is 550 g/mol. The Morgan fingerprint density at radius 1 is 1.02 bits per heavy atom. The molecule has 0 atom stereocenters. The highest BCUT2D eigenvalue weighted by Gasteiger charge is 2.32. The molecule has 0 aliphatic carbocycles. The Morgan fingerprint density at radius 2 is 1.77 bits per heavy atom. The number of anilines is 2. The molecule has 0 saturated carbocycles. The van der Waals surface area contributed by atoms with Gasteiger partial charge in [-0.25, -0.2) is 8.42 Å². The number of fused-ring (bicyclic) bond motifs is 2. The van der Waals surface area contributed by atoms with E-state index in [4.69, 9.17) is 11.6 Å². The summed E-state index contributed by atoms with van der Waals surface area (Å²) < 4.78 is 25.9. The van der Waals surface area contributed by atoms with Crippen LogP contribution in [0.1, 0.15) is 21.6 Å². The fraction of sp³-hybridized carbons (Fsp3) is 0.310. The van der Waals surface area contributed by atoms with Crippen LogP contribution in [0.3, 0.4) is 0 Å². The van der Waals surface area contributed by atoms with Crippen molar-refractivity contribution < 1.29 is 13.2 Å². The average molecular weight is 580 g/mol. The van der Waals surface area contributed by atoms with Crippen LogP contribution in [-0.2, 0) is 29.2 Å². The third kappa shape index (κ3) is 4.70. The Balaban J connectivity index is 1.63. The van der Waals surface area contributed by atoms with Crippen molar-refractivity contribution in [2.75, 3.05) is 44.4 Å². The lowest BCUT2D eigenvalue weighted by Gasteiger charge is -2.32. The van der Waals surface area contributed by atoms with Crippen molar-refractivity contribution in [2.24, 2.45) is 7.05 Å². The van der Waals surface area contributed by atoms with Gasteiger partial charge in [0.05, 0.1) is 12.3 Å². The molecule has 4 aromatic rings. The number of sulfone groups is 1. The number of aromatic nitrogens is 2. The maximum atomic E-state index is 13.9. The molecule has 2 aliphatic rings. The van der Waals surface area contributed by atoms with E-state index in [2.05, 4.69) is 14.8 Å². The van der Waals surface area contributed by atoms with Crippen LogP contribution in [0.15, 0.2) is 53.5 Å². The summed E-state index contributed by atoms with van der Waals surface area (Å²) in [6, 6.07) is 13.1. The topological polar surface area (TPSA) is 98.7 Å². The highest BCUT2D eigenvalue weighted by atomic mass is 35.5. The van der Waals surface area contributed by atoms with Gasteiger partial charge < -0.3 is 24.3 Å². The smallest absolute Gasteiger partial charge is 0.274 e. The molecular formula is C29H30ClN5O4S. The lowest BCUT2D eigenvalue weighted by Crippen LogP contribution is -2.47. The Bertz CT molecular complexity index is 1840. The largest absolute Gasteiger partial charge is 0.346 e. The van der Waals surface area contributed by atoms with Gasteiger partial charge in [0.15, 0.2) is 9.84 Å². The fourth-order valence-electron chi connectivity index (χ4n) is 5.75. The molecule has 6 rings (SSSR count). The summed E-state index contributed by atoms with van der Waals surface area (Å²) in [4.78, 5) is 36.6. The van der Waals surface area contributed by atoms with Crippen LogP contribution in [0.4, 0.5) is 11.4 Å². The number of hydrogen-bond acceptors (Lipinski definition) is 6. The van der Waals surface area contributed by atoms with Crippen LogP contribution in [0.2, 0.25) is 5.02 Å². The minimum Gasteiger partial charge on any atom is -0.346 e. The molecule has 1 saturated heterocycles. The number of halogens is 1. The van der Waals surface area contributed by atoms with Crippen LogP contribution in [0.5, 0.6) is 0 Å². The van der Waals surface area contributed by atoms with Crippen LogP contribution in [0.25, 0.3) is 22.0 Å². The highest BCUT2D eigenvalue weighted by Crippen LogP contribution is 2.45. The van der Waals surface area contributed by atoms with E-state index in [0.29, 0.717) is 46.8 Å². The second kappa shape index (κ2) is 9.79. The Morgan fingerprint density at radius 3 is 2.48 bits per heavy atom. The molecule has 2 aliphatic heterocycles. The first-order valence-corrected chi connectivity index (χ1v) is 15.5. The molecule has 0 radical (unpaired) electrons. The predicted octanol–water partition coefficient (Wildman–Crippen LogP) is 3.77. The summed E-state index contributed by atoms with van der Waals surface area (Å²) in [5.41, 5.74) is 5.08.